The summed E-state index contributed by atoms with van der Waals surface area (Å²) in [6.45, 7) is 3.67. The number of aliphatic carboxylic acids is 1. The molecule has 0 radical (unpaired) electrons. The Morgan fingerprint density at radius 1 is 0.958 bits per heavy atom. The van der Waals surface area contributed by atoms with Gasteiger partial charge in [0.1, 0.15) is 6.10 Å². The van der Waals surface area contributed by atoms with Gasteiger partial charge in [0.2, 0.25) is 0 Å². The Hall–Kier alpha value is -1.32. The summed E-state index contributed by atoms with van der Waals surface area (Å²) in [5.41, 5.74) is 0. The molecule has 0 aliphatic heterocycles. The molecule has 0 aliphatic rings. The van der Waals surface area contributed by atoms with E-state index in [0.717, 1.165) is 57.8 Å². The SMILES string of the molecule is CCCCCCC(CC=CCCCCCCCC(=O)O)OC(C)=O. The minimum absolute atomic E-state index is 0.0200. The van der Waals surface area contributed by atoms with Crippen LogP contribution in [-0.2, 0) is 14.3 Å². The number of carboxylic acids is 1. The second-order valence-corrected chi connectivity index (χ2v) is 6.49. The molecule has 4 heteroatoms. The highest BCUT2D eigenvalue weighted by molar-refractivity contribution is 5.66. The number of unbranched alkanes of at least 4 members (excludes halogenated alkanes) is 8. The van der Waals surface area contributed by atoms with Gasteiger partial charge in [-0.05, 0) is 32.1 Å². The molecule has 0 aliphatic carbocycles. The largest absolute Gasteiger partial charge is 0.481 e. The lowest BCUT2D eigenvalue weighted by Crippen LogP contribution is -2.15. The van der Waals surface area contributed by atoms with Crippen molar-refractivity contribution in [3.63, 3.8) is 0 Å². The molecule has 0 spiro atoms. The predicted octanol–water partition coefficient (Wildman–Crippen LogP) is 5.65. The van der Waals surface area contributed by atoms with Crippen molar-refractivity contribution in [2.45, 2.75) is 103 Å². The summed E-state index contributed by atoms with van der Waals surface area (Å²) < 4.78 is 5.38. The topological polar surface area (TPSA) is 63.6 Å². The molecule has 0 saturated carbocycles. The summed E-state index contributed by atoms with van der Waals surface area (Å²) in [6, 6.07) is 0. The molecule has 0 aromatic rings. The lowest BCUT2D eigenvalue weighted by Gasteiger charge is -2.15. The van der Waals surface area contributed by atoms with Crippen molar-refractivity contribution >= 4 is 11.9 Å². The van der Waals surface area contributed by atoms with Gasteiger partial charge in [-0.3, -0.25) is 9.59 Å². The van der Waals surface area contributed by atoms with Gasteiger partial charge in [0.15, 0.2) is 0 Å². The fraction of sp³-hybridized carbons (Fsp3) is 0.800. The molecule has 0 saturated heterocycles. The molecule has 1 N–H and O–H groups in total. The molecule has 1 atom stereocenters. The number of rotatable bonds is 16. The van der Waals surface area contributed by atoms with Gasteiger partial charge in [-0.25, -0.2) is 0 Å². The Bertz CT molecular complexity index is 350. The molecule has 140 valence electrons. The summed E-state index contributed by atoms with van der Waals surface area (Å²) >= 11 is 0. The van der Waals surface area contributed by atoms with E-state index in [0.29, 0.717) is 0 Å². The smallest absolute Gasteiger partial charge is 0.303 e. The van der Waals surface area contributed by atoms with E-state index in [9.17, 15) is 9.59 Å². The zero-order chi connectivity index (χ0) is 18.0. The average molecular weight is 341 g/mol. The predicted molar refractivity (Wildman–Crippen MR) is 98.0 cm³/mol. The highest BCUT2D eigenvalue weighted by atomic mass is 16.5. The molecule has 0 aromatic carbocycles. The lowest BCUT2D eigenvalue weighted by molar-refractivity contribution is -0.146. The zero-order valence-corrected chi connectivity index (χ0v) is 15.6. The number of ether oxygens (including phenoxy) is 1. The van der Waals surface area contributed by atoms with Crippen LogP contribution in [0.3, 0.4) is 0 Å². The van der Waals surface area contributed by atoms with Crippen molar-refractivity contribution in [3.8, 4) is 0 Å². The number of carbonyl (C=O) groups excluding carboxylic acids is 1. The molecule has 0 amide bonds. The molecular formula is C20H36O4. The molecule has 0 bridgehead atoms. The standard InChI is InChI=1S/C20H36O4/c1-3-4-5-12-15-19(24-18(2)21)16-13-10-8-6-7-9-11-14-17-20(22)23/h10,13,19H,3-9,11-12,14-17H2,1-2H3,(H,22,23). The van der Waals surface area contributed by atoms with Crippen molar-refractivity contribution in [1.29, 1.82) is 0 Å². The molecular weight excluding hydrogens is 304 g/mol. The van der Waals surface area contributed by atoms with E-state index in [-0.39, 0.29) is 18.5 Å². The van der Waals surface area contributed by atoms with Crippen LogP contribution < -0.4 is 0 Å². The highest BCUT2D eigenvalue weighted by Gasteiger charge is 2.09. The van der Waals surface area contributed by atoms with Gasteiger partial charge in [-0.1, -0.05) is 57.6 Å². The van der Waals surface area contributed by atoms with Gasteiger partial charge < -0.3 is 9.84 Å². The molecule has 24 heavy (non-hydrogen) atoms. The van der Waals surface area contributed by atoms with E-state index in [1.807, 2.05) is 0 Å². The maximum absolute atomic E-state index is 11.2. The van der Waals surface area contributed by atoms with Gasteiger partial charge in [0.25, 0.3) is 0 Å². The first-order valence-electron chi connectivity index (χ1n) is 9.60. The van der Waals surface area contributed by atoms with E-state index in [1.54, 1.807) is 0 Å². The number of hydrogen-bond acceptors (Lipinski definition) is 3. The van der Waals surface area contributed by atoms with E-state index in [2.05, 4.69) is 19.1 Å². The summed E-state index contributed by atoms with van der Waals surface area (Å²) in [6.07, 6.45) is 17.4. The van der Waals surface area contributed by atoms with Crippen LogP contribution in [0.2, 0.25) is 0 Å². The van der Waals surface area contributed by atoms with Crippen LogP contribution in [0.5, 0.6) is 0 Å². The Balaban J connectivity index is 3.69. The van der Waals surface area contributed by atoms with E-state index < -0.39 is 5.97 Å². The zero-order valence-electron chi connectivity index (χ0n) is 15.6. The van der Waals surface area contributed by atoms with Crippen LogP contribution in [0.4, 0.5) is 0 Å². The third kappa shape index (κ3) is 17.0. The molecule has 0 heterocycles. The second-order valence-electron chi connectivity index (χ2n) is 6.49. The maximum Gasteiger partial charge on any atom is 0.303 e. The van der Waals surface area contributed by atoms with Gasteiger partial charge in [-0.15, -0.1) is 0 Å². The lowest BCUT2D eigenvalue weighted by atomic mass is 10.1. The van der Waals surface area contributed by atoms with Gasteiger partial charge in [0.05, 0.1) is 0 Å². The second kappa shape index (κ2) is 16.5. The number of esters is 1. The van der Waals surface area contributed by atoms with Gasteiger partial charge in [0, 0.05) is 19.8 Å². The summed E-state index contributed by atoms with van der Waals surface area (Å²) in [7, 11) is 0. The van der Waals surface area contributed by atoms with Gasteiger partial charge in [-0.2, -0.15) is 0 Å². The maximum atomic E-state index is 11.2. The monoisotopic (exact) mass is 340 g/mol. The number of hydrogen-bond donors (Lipinski definition) is 1. The third-order valence-corrected chi connectivity index (χ3v) is 4.04. The van der Waals surface area contributed by atoms with E-state index in [1.165, 1.54) is 26.2 Å². The van der Waals surface area contributed by atoms with Crippen molar-refractivity contribution in [3.05, 3.63) is 12.2 Å². The number of carbonyl (C=O) groups is 2. The first-order valence-corrected chi connectivity index (χ1v) is 9.60. The Kier molecular flexibility index (Phi) is 15.6. The first-order chi connectivity index (χ1) is 11.6. The fourth-order valence-electron chi connectivity index (χ4n) is 2.69. The minimum Gasteiger partial charge on any atom is -0.481 e. The number of allylic oxidation sites excluding steroid dienone is 1. The minimum atomic E-state index is -0.699. The van der Waals surface area contributed by atoms with E-state index >= 15 is 0 Å². The Labute approximate surface area is 147 Å². The summed E-state index contributed by atoms with van der Waals surface area (Å²) in [5, 5.41) is 8.55. The van der Waals surface area contributed by atoms with Crippen molar-refractivity contribution < 1.29 is 19.4 Å². The van der Waals surface area contributed by atoms with Crippen LogP contribution in [0.15, 0.2) is 12.2 Å². The van der Waals surface area contributed by atoms with Crippen LogP contribution in [0, 0.1) is 0 Å². The Morgan fingerprint density at radius 2 is 1.62 bits per heavy atom. The van der Waals surface area contributed by atoms with Crippen molar-refractivity contribution in [1.82, 2.24) is 0 Å². The van der Waals surface area contributed by atoms with Gasteiger partial charge >= 0.3 is 11.9 Å². The first kappa shape index (κ1) is 22.7. The summed E-state index contributed by atoms with van der Waals surface area (Å²) in [4.78, 5) is 21.5. The molecule has 0 fully saturated rings. The van der Waals surface area contributed by atoms with Crippen molar-refractivity contribution in [2.75, 3.05) is 0 Å². The molecule has 1 unspecified atom stereocenters. The van der Waals surface area contributed by atoms with Crippen LogP contribution in [0.1, 0.15) is 97.3 Å². The third-order valence-electron chi connectivity index (χ3n) is 4.04. The van der Waals surface area contributed by atoms with Crippen LogP contribution in [0.25, 0.3) is 0 Å². The van der Waals surface area contributed by atoms with Crippen LogP contribution in [-0.4, -0.2) is 23.1 Å². The molecule has 0 rings (SSSR count). The Morgan fingerprint density at radius 3 is 2.29 bits per heavy atom. The summed E-state index contributed by atoms with van der Waals surface area (Å²) in [5.74, 6) is -0.889. The van der Waals surface area contributed by atoms with Crippen molar-refractivity contribution in [2.24, 2.45) is 0 Å². The fourth-order valence-corrected chi connectivity index (χ4v) is 2.69. The van der Waals surface area contributed by atoms with E-state index in [4.69, 9.17) is 9.84 Å². The van der Waals surface area contributed by atoms with Crippen LogP contribution >= 0.6 is 0 Å². The number of carboxylic acid groups (broad SMARTS) is 1. The quantitative estimate of drug-likeness (QED) is 0.224. The molecule has 0 aromatic heterocycles. The highest BCUT2D eigenvalue weighted by Crippen LogP contribution is 2.13. The molecule has 4 nitrogen and oxygen atoms in total. The average Bonchev–Trinajstić information content (AvgIpc) is 2.52. The normalized spacial score (nSPS) is 12.4.